The number of anilines is 2. The second-order valence-corrected chi connectivity index (χ2v) is 2.82. The Labute approximate surface area is 72.4 Å². The van der Waals surface area contributed by atoms with Crippen LogP contribution in [0.2, 0.25) is 0 Å². The van der Waals surface area contributed by atoms with Gasteiger partial charge in [0.1, 0.15) is 6.26 Å². The van der Waals surface area contributed by atoms with Crippen LogP contribution in [0.15, 0.2) is 28.5 Å². The molecule has 0 amide bonds. The number of hydrogen-bond donors (Lipinski definition) is 2. The average molecular weight is 182 g/mol. The highest BCUT2D eigenvalue weighted by molar-refractivity contribution is 7.13. The highest BCUT2D eigenvalue weighted by Gasteiger charge is 1.95. The topological polar surface area (TPSA) is 63.0 Å². The Morgan fingerprint density at radius 1 is 1.25 bits per heavy atom. The van der Waals surface area contributed by atoms with Gasteiger partial charge in [0.2, 0.25) is 5.13 Å². The number of nitrogens with zero attached hydrogens (tertiary/aromatic N) is 2. The van der Waals surface area contributed by atoms with Crippen molar-refractivity contribution in [3.05, 3.63) is 24.0 Å². The predicted molar refractivity (Wildman–Crippen MR) is 45.9 cm³/mol. The minimum atomic E-state index is 0.421. The number of nitrogens with one attached hydrogen (secondary N) is 2. The summed E-state index contributed by atoms with van der Waals surface area (Å²) in [5.41, 5.74) is 5.58. The van der Waals surface area contributed by atoms with Gasteiger partial charge in [-0.15, -0.1) is 11.3 Å². The number of hydrogen-bond acceptors (Lipinski definition) is 6. The molecule has 0 radical (unpaired) electrons. The molecule has 0 unspecified atom stereocenters. The van der Waals surface area contributed by atoms with Gasteiger partial charge >= 0.3 is 6.01 Å². The van der Waals surface area contributed by atoms with Crippen molar-refractivity contribution in [2.45, 2.75) is 0 Å². The van der Waals surface area contributed by atoms with Crippen molar-refractivity contribution >= 4 is 22.5 Å². The molecule has 0 aliphatic rings. The van der Waals surface area contributed by atoms with E-state index >= 15 is 0 Å². The van der Waals surface area contributed by atoms with Gasteiger partial charge in [-0.05, 0) is 0 Å². The Balaban J connectivity index is 1.91. The predicted octanol–water partition coefficient (Wildman–Crippen LogP) is 1.57. The standard InChI is InChI=1S/C6H6N4OS/c1-3-11-5(7-1)9-10-6-8-2-4-12-6/h1-4H,(H,7,9)(H,8,10). The van der Waals surface area contributed by atoms with E-state index in [0.717, 1.165) is 5.13 Å². The summed E-state index contributed by atoms with van der Waals surface area (Å²) in [5.74, 6) is 0. The molecule has 0 saturated heterocycles. The lowest BCUT2D eigenvalue weighted by molar-refractivity contribution is 0.575. The second-order valence-electron chi connectivity index (χ2n) is 1.92. The van der Waals surface area contributed by atoms with Crippen LogP contribution in [0, 0.1) is 0 Å². The first-order valence-electron chi connectivity index (χ1n) is 3.26. The molecule has 5 nitrogen and oxygen atoms in total. The third kappa shape index (κ3) is 1.54. The molecule has 2 rings (SSSR count). The highest BCUT2D eigenvalue weighted by Crippen LogP contribution is 2.10. The van der Waals surface area contributed by atoms with Crippen LogP contribution in [0.25, 0.3) is 0 Å². The van der Waals surface area contributed by atoms with Crippen molar-refractivity contribution in [2.24, 2.45) is 0 Å². The maximum atomic E-state index is 4.92. The molecule has 2 aromatic rings. The third-order valence-corrected chi connectivity index (χ3v) is 1.83. The Hall–Kier alpha value is -1.56. The first-order valence-corrected chi connectivity index (χ1v) is 4.14. The molecule has 2 N–H and O–H groups in total. The molecule has 6 heteroatoms. The van der Waals surface area contributed by atoms with Crippen LogP contribution in [-0.2, 0) is 0 Å². The van der Waals surface area contributed by atoms with Crippen LogP contribution in [0.4, 0.5) is 11.1 Å². The molecule has 0 aliphatic carbocycles. The molecule has 0 atom stereocenters. The van der Waals surface area contributed by atoms with Crippen LogP contribution in [0.3, 0.4) is 0 Å². The quantitative estimate of drug-likeness (QED) is 0.705. The molecular formula is C6H6N4OS. The molecule has 2 aromatic heterocycles. The molecule has 0 fully saturated rings. The minimum Gasteiger partial charge on any atom is -0.431 e. The summed E-state index contributed by atoms with van der Waals surface area (Å²) in [6.07, 6.45) is 4.77. The van der Waals surface area contributed by atoms with Crippen molar-refractivity contribution in [3.63, 3.8) is 0 Å². The summed E-state index contributed by atoms with van der Waals surface area (Å²) in [7, 11) is 0. The molecule has 2 heterocycles. The van der Waals surface area contributed by atoms with Crippen molar-refractivity contribution < 1.29 is 4.42 Å². The number of rotatable bonds is 3. The van der Waals surface area contributed by atoms with E-state index in [2.05, 4.69) is 20.8 Å². The number of aromatic nitrogens is 2. The fourth-order valence-corrected chi connectivity index (χ4v) is 1.16. The summed E-state index contributed by atoms with van der Waals surface area (Å²) in [4.78, 5) is 7.84. The molecule has 0 aliphatic heterocycles. The molecule has 0 bridgehead atoms. The van der Waals surface area contributed by atoms with Gasteiger partial charge in [-0.25, -0.2) is 9.97 Å². The zero-order valence-electron chi connectivity index (χ0n) is 6.02. The van der Waals surface area contributed by atoms with Crippen LogP contribution >= 0.6 is 11.3 Å². The van der Waals surface area contributed by atoms with E-state index in [4.69, 9.17) is 4.42 Å². The van der Waals surface area contributed by atoms with Gasteiger partial charge in [-0.1, -0.05) is 0 Å². The van der Waals surface area contributed by atoms with Crippen LogP contribution < -0.4 is 10.9 Å². The van der Waals surface area contributed by atoms with E-state index in [-0.39, 0.29) is 0 Å². The molecule has 0 spiro atoms. The largest absolute Gasteiger partial charge is 0.431 e. The lowest BCUT2D eigenvalue weighted by Gasteiger charge is -1.99. The summed E-state index contributed by atoms with van der Waals surface area (Å²) in [6, 6.07) is 0.421. The first-order chi connectivity index (χ1) is 5.95. The number of oxazole rings is 1. The van der Waals surface area contributed by atoms with Gasteiger partial charge in [0, 0.05) is 11.6 Å². The van der Waals surface area contributed by atoms with E-state index in [1.807, 2.05) is 5.38 Å². The molecule has 0 saturated carbocycles. The van der Waals surface area contributed by atoms with Gasteiger partial charge in [0.05, 0.1) is 6.20 Å². The monoisotopic (exact) mass is 182 g/mol. The van der Waals surface area contributed by atoms with E-state index < -0.39 is 0 Å². The van der Waals surface area contributed by atoms with Crippen molar-refractivity contribution in [3.8, 4) is 0 Å². The van der Waals surface area contributed by atoms with Gasteiger partial charge in [0.25, 0.3) is 0 Å². The van der Waals surface area contributed by atoms with Crippen LogP contribution in [0.5, 0.6) is 0 Å². The first kappa shape index (κ1) is 7.11. The minimum absolute atomic E-state index is 0.421. The van der Waals surface area contributed by atoms with E-state index in [1.165, 1.54) is 17.6 Å². The average Bonchev–Trinajstić information content (AvgIpc) is 2.74. The Kier molecular flexibility index (Phi) is 1.91. The SMILES string of the molecule is c1coc(NNc2nccs2)n1. The Bertz CT molecular complexity index is 283. The fourth-order valence-electron chi connectivity index (χ4n) is 0.677. The zero-order chi connectivity index (χ0) is 8.23. The lowest BCUT2D eigenvalue weighted by Crippen LogP contribution is -2.07. The smallest absolute Gasteiger partial charge is 0.313 e. The van der Waals surface area contributed by atoms with Gasteiger partial charge in [-0.2, -0.15) is 0 Å². The summed E-state index contributed by atoms with van der Waals surface area (Å²) in [6.45, 7) is 0. The number of thiazole rings is 1. The van der Waals surface area contributed by atoms with E-state index in [1.54, 1.807) is 12.4 Å². The lowest BCUT2D eigenvalue weighted by atomic mass is 11.0. The second kappa shape index (κ2) is 3.22. The van der Waals surface area contributed by atoms with Crippen molar-refractivity contribution in [1.82, 2.24) is 9.97 Å². The van der Waals surface area contributed by atoms with Gasteiger partial charge < -0.3 is 4.42 Å². The Morgan fingerprint density at radius 2 is 2.25 bits per heavy atom. The van der Waals surface area contributed by atoms with Crippen LogP contribution in [0.1, 0.15) is 0 Å². The third-order valence-electron chi connectivity index (χ3n) is 1.14. The highest BCUT2D eigenvalue weighted by atomic mass is 32.1. The summed E-state index contributed by atoms with van der Waals surface area (Å²) < 4.78 is 4.92. The van der Waals surface area contributed by atoms with E-state index in [0.29, 0.717) is 6.01 Å². The van der Waals surface area contributed by atoms with Crippen molar-refractivity contribution in [1.29, 1.82) is 0 Å². The molecule has 62 valence electrons. The zero-order valence-corrected chi connectivity index (χ0v) is 6.84. The van der Waals surface area contributed by atoms with E-state index in [9.17, 15) is 0 Å². The number of hydrazine groups is 1. The summed E-state index contributed by atoms with van der Waals surface area (Å²) in [5, 5.41) is 2.65. The maximum absolute atomic E-state index is 4.92. The summed E-state index contributed by atoms with van der Waals surface area (Å²) >= 11 is 1.49. The fraction of sp³-hybridized carbons (Fsp3) is 0. The van der Waals surface area contributed by atoms with Crippen molar-refractivity contribution in [2.75, 3.05) is 10.9 Å². The van der Waals surface area contributed by atoms with Gasteiger partial charge in [-0.3, -0.25) is 10.9 Å². The Morgan fingerprint density at radius 3 is 2.92 bits per heavy atom. The van der Waals surface area contributed by atoms with Gasteiger partial charge in [0.15, 0.2) is 0 Å². The maximum Gasteiger partial charge on any atom is 0.313 e. The molecular weight excluding hydrogens is 176 g/mol. The molecule has 12 heavy (non-hydrogen) atoms. The normalized spacial score (nSPS) is 9.67. The van der Waals surface area contributed by atoms with Crippen LogP contribution in [-0.4, -0.2) is 9.97 Å². The molecule has 0 aromatic carbocycles.